The summed E-state index contributed by atoms with van der Waals surface area (Å²) in [5.74, 6) is -0.693. The molecular formula is C25H31N3O5. The van der Waals surface area contributed by atoms with Crippen molar-refractivity contribution >= 4 is 23.6 Å². The molecule has 8 heteroatoms. The number of aromatic hydroxyl groups is 1. The summed E-state index contributed by atoms with van der Waals surface area (Å²) >= 11 is 0. The van der Waals surface area contributed by atoms with Crippen LogP contribution in [-0.2, 0) is 14.3 Å². The number of para-hydroxylation sites is 1. The Bertz CT molecular complexity index is 1010. The SMILES string of the molecule is Cc1ccccc1NC(=O)C(c1ccc(O)cc1)N(C(=O)CNC(=O)OC(C)(C)C)C1CC1. The molecule has 2 aromatic rings. The normalized spacial score (nSPS) is 14.2. The zero-order valence-electron chi connectivity index (χ0n) is 19.4. The number of phenols is 1. The lowest BCUT2D eigenvalue weighted by Crippen LogP contribution is -2.47. The number of nitrogens with one attached hydrogen (secondary N) is 2. The van der Waals surface area contributed by atoms with Gasteiger partial charge >= 0.3 is 6.09 Å². The van der Waals surface area contributed by atoms with E-state index in [1.165, 1.54) is 17.0 Å². The van der Waals surface area contributed by atoms with Crippen molar-refractivity contribution in [1.29, 1.82) is 0 Å². The molecule has 1 unspecified atom stereocenters. The first-order valence-electron chi connectivity index (χ1n) is 11.0. The highest BCUT2D eigenvalue weighted by molar-refractivity contribution is 5.99. The van der Waals surface area contributed by atoms with Crippen molar-refractivity contribution < 1.29 is 24.2 Å². The number of nitrogens with zero attached hydrogens (tertiary/aromatic N) is 1. The Labute approximate surface area is 193 Å². The number of amides is 3. The number of rotatable bonds is 7. The van der Waals surface area contributed by atoms with E-state index in [1.807, 2.05) is 25.1 Å². The van der Waals surface area contributed by atoms with Crippen LogP contribution in [0.4, 0.5) is 10.5 Å². The fourth-order valence-corrected chi connectivity index (χ4v) is 3.47. The standard InChI is InChI=1S/C25H31N3O5/c1-16-7-5-6-8-20(16)27-23(31)22(17-9-13-19(29)14-10-17)28(18-11-12-18)21(30)15-26-24(32)33-25(2,3)4/h5-10,13-14,18,22,29H,11-12,15H2,1-4H3,(H,26,32)(H,27,31). The Balaban J connectivity index is 1.85. The van der Waals surface area contributed by atoms with Gasteiger partial charge in [0.2, 0.25) is 5.91 Å². The van der Waals surface area contributed by atoms with Crippen molar-refractivity contribution in [2.24, 2.45) is 0 Å². The van der Waals surface area contributed by atoms with Crippen LogP contribution in [0.5, 0.6) is 5.75 Å². The second kappa shape index (κ2) is 9.94. The van der Waals surface area contributed by atoms with E-state index in [2.05, 4.69) is 10.6 Å². The third-order valence-electron chi connectivity index (χ3n) is 5.15. The molecule has 0 spiro atoms. The van der Waals surface area contributed by atoms with Crippen LogP contribution in [-0.4, -0.2) is 46.1 Å². The molecule has 0 aromatic heterocycles. The van der Waals surface area contributed by atoms with Crippen LogP contribution in [0.3, 0.4) is 0 Å². The van der Waals surface area contributed by atoms with Crippen LogP contribution in [0.1, 0.15) is 50.8 Å². The summed E-state index contributed by atoms with van der Waals surface area (Å²) in [5.41, 5.74) is 1.43. The number of carbonyl (C=O) groups is 3. The number of ether oxygens (including phenoxy) is 1. The van der Waals surface area contributed by atoms with Crippen LogP contribution >= 0.6 is 0 Å². The van der Waals surface area contributed by atoms with Crippen molar-refractivity contribution in [1.82, 2.24) is 10.2 Å². The van der Waals surface area contributed by atoms with Gasteiger partial charge in [0.15, 0.2) is 0 Å². The van der Waals surface area contributed by atoms with Gasteiger partial charge in [-0.3, -0.25) is 9.59 Å². The Kier molecular flexibility index (Phi) is 7.26. The fourth-order valence-electron chi connectivity index (χ4n) is 3.47. The number of alkyl carbamates (subject to hydrolysis) is 1. The molecule has 1 saturated carbocycles. The molecule has 3 N–H and O–H groups in total. The smallest absolute Gasteiger partial charge is 0.408 e. The van der Waals surface area contributed by atoms with E-state index in [0.717, 1.165) is 18.4 Å². The summed E-state index contributed by atoms with van der Waals surface area (Å²) in [7, 11) is 0. The minimum atomic E-state index is -0.925. The molecule has 3 rings (SSSR count). The molecule has 0 bridgehead atoms. The van der Waals surface area contributed by atoms with E-state index in [1.54, 1.807) is 39.0 Å². The van der Waals surface area contributed by atoms with Crippen molar-refractivity contribution in [2.75, 3.05) is 11.9 Å². The van der Waals surface area contributed by atoms with Gasteiger partial charge in [-0.25, -0.2) is 4.79 Å². The summed E-state index contributed by atoms with van der Waals surface area (Å²) in [6.45, 7) is 6.81. The van der Waals surface area contributed by atoms with Gasteiger partial charge in [0.25, 0.3) is 5.91 Å². The highest BCUT2D eigenvalue weighted by Crippen LogP contribution is 2.36. The average molecular weight is 454 g/mol. The number of carbonyl (C=O) groups excluding carboxylic acids is 3. The van der Waals surface area contributed by atoms with Gasteiger partial charge < -0.3 is 25.4 Å². The third kappa shape index (κ3) is 6.71. The maximum absolute atomic E-state index is 13.5. The van der Waals surface area contributed by atoms with Gasteiger partial charge in [0.1, 0.15) is 23.9 Å². The van der Waals surface area contributed by atoms with Gasteiger partial charge in [0.05, 0.1) is 0 Å². The first-order valence-corrected chi connectivity index (χ1v) is 11.0. The molecule has 0 radical (unpaired) electrons. The van der Waals surface area contributed by atoms with E-state index in [9.17, 15) is 19.5 Å². The zero-order chi connectivity index (χ0) is 24.2. The Hall–Kier alpha value is -3.55. The Morgan fingerprint density at radius 3 is 2.30 bits per heavy atom. The number of aryl methyl sites for hydroxylation is 1. The molecule has 8 nitrogen and oxygen atoms in total. The molecule has 0 saturated heterocycles. The van der Waals surface area contributed by atoms with Gasteiger partial charge in [0, 0.05) is 11.7 Å². The summed E-state index contributed by atoms with van der Waals surface area (Å²) in [5, 5.41) is 15.1. The summed E-state index contributed by atoms with van der Waals surface area (Å²) in [6, 6.07) is 12.6. The lowest BCUT2D eigenvalue weighted by Gasteiger charge is -2.32. The molecular weight excluding hydrogens is 422 g/mol. The van der Waals surface area contributed by atoms with E-state index in [-0.39, 0.29) is 30.2 Å². The average Bonchev–Trinajstić information content (AvgIpc) is 3.56. The number of hydrogen-bond donors (Lipinski definition) is 3. The highest BCUT2D eigenvalue weighted by Gasteiger charge is 2.41. The van der Waals surface area contributed by atoms with Gasteiger partial charge in [-0.05, 0) is 69.9 Å². The quantitative estimate of drug-likeness (QED) is 0.589. The number of phenolic OH excluding ortho intramolecular Hbond substituents is 1. The lowest BCUT2D eigenvalue weighted by molar-refractivity contribution is -0.138. The van der Waals surface area contributed by atoms with Crippen molar-refractivity contribution in [3.63, 3.8) is 0 Å². The minimum absolute atomic E-state index is 0.0627. The summed E-state index contributed by atoms with van der Waals surface area (Å²) in [4.78, 5) is 40.3. The molecule has 0 heterocycles. The van der Waals surface area contributed by atoms with E-state index in [0.29, 0.717) is 11.3 Å². The predicted molar refractivity (Wildman–Crippen MR) is 125 cm³/mol. The lowest BCUT2D eigenvalue weighted by atomic mass is 10.0. The van der Waals surface area contributed by atoms with Crippen LogP contribution in [0, 0.1) is 6.92 Å². The number of anilines is 1. The van der Waals surface area contributed by atoms with Crippen molar-refractivity contribution in [3.05, 3.63) is 59.7 Å². The summed E-state index contributed by atoms with van der Waals surface area (Å²) < 4.78 is 5.21. The first kappa shape index (κ1) is 24.1. The molecule has 1 aliphatic rings. The predicted octanol–water partition coefficient (Wildman–Crippen LogP) is 3.90. The summed E-state index contributed by atoms with van der Waals surface area (Å²) in [6.07, 6.45) is 0.839. The highest BCUT2D eigenvalue weighted by atomic mass is 16.6. The van der Waals surface area contributed by atoms with E-state index in [4.69, 9.17) is 4.74 Å². The van der Waals surface area contributed by atoms with Gasteiger partial charge in [-0.2, -0.15) is 0 Å². The number of benzene rings is 2. The monoisotopic (exact) mass is 453 g/mol. The van der Waals surface area contributed by atoms with Gasteiger partial charge in [-0.1, -0.05) is 30.3 Å². The molecule has 1 fully saturated rings. The molecule has 2 aromatic carbocycles. The van der Waals surface area contributed by atoms with Crippen LogP contribution in [0.25, 0.3) is 0 Å². The molecule has 33 heavy (non-hydrogen) atoms. The zero-order valence-corrected chi connectivity index (χ0v) is 19.4. The van der Waals surface area contributed by atoms with Crippen molar-refractivity contribution in [2.45, 2.75) is 58.2 Å². The third-order valence-corrected chi connectivity index (χ3v) is 5.15. The topological polar surface area (TPSA) is 108 Å². The molecule has 3 amide bonds. The molecule has 1 atom stereocenters. The number of hydrogen-bond acceptors (Lipinski definition) is 5. The van der Waals surface area contributed by atoms with E-state index >= 15 is 0 Å². The second-order valence-electron chi connectivity index (χ2n) is 9.19. The molecule has 176 valence electrons. The minimum Gasteiger partial charge on any atom is -0.508 e. The maximum atomic E-state index is 13.5. The van der Waals surface area contributed by atoms with Crippen LogP contribution < -0.4 is 10.6 Å². The second-order valence-corrected chi connectivity index (χ2v) is 9.19. The largest absolute Gasteiger partial charge is 0.508 e. The fraction of sp³-hybridized carbons (Fsp3) is 0.400. The Morgan fingerprint density at radius 2 is 1.73 bits per heavy atom. The van der Waals surface area contributed by atoms with E-state index < -0.39 is 17.7 Å². The van der Waals surface area contributed by atoms with Crippen LogP contribution in [0.15, 0.2) is 48.5 Å². The molecule has 0 aliphatic heterocycles. The Morgan fingerprint density at radius 1 is 1.09 bits per heavy atom. The maximum Gasteiger partial charge on any atom is 0.408 e. The van der Waals surface area contributed by atoms with Crippen molar-refractivity contribution in [3.8, 4) is 5.75 Å². The molecule has 1 aliphatic carbocycles. The van der Waals surface area contributed by atoms with Crippen LogP contribution in [0.2, 0.25) is 0 Å². The van der Waals surface area contributed by atoms with Gasteiger partial charge in [-0.15, -0.1) is 0 Å². The first-order chi connectivity index (χ1) is 15.5.